The molecule has 4 N–H and O–H groups in total. The molecular formula is C28H29Cl2N3O6S2. The van der Waals surface area contributed by atoms with Crippen molar-refractivity contribution < 1.29 is 27.9 Å². The Kier molecular flexibility index (Phi) is 11.6. The molecule has 0 aromatic heterocycles. The van der Waals surface area contributed by atoms with Crippen LogP contribution in [0.1, 0.15) is 18.1 Å². The number of aliphatic hydroxyl groups is 1. The third kappa shape index (κ3) is 9.20. The quantitative estimate of drug-likeness (QED) is 0.193. The average molecular weight is 639 g/mol. The van der Waals surface area contributed by atoms with Crippen LogP contribution < -0.4 is 15.4 Å². The third-order valence-electron chi connectivity index (χ3n) is 5.99. The number of thiol groups is 1. The zero-order chi connectivity index (χ0) is 30.2. The Labute approximate surface area is 254 Å². The van der Waals surface area contributed by atoms with Crippen molar-refractivity contribution in [3.8, 4) is 11.1 Å². The van der Waals surface area contributed by atoms with Crippen LogP contribution in [0, 0.1) is 5.92 Å². The number of hydrogen-bond acceptors (Lipinski definition) is 7. The van der Waals surface area contributed by atoms with E-state index in [0.717, 1.165) is 12.5 Å². The number of amides is 3. The van der Waals surface area contributed by atoms with Crippen LogP contribution >= 0.6 is 35.8 Å². The van der Waals surface area contributed by atoms with Gasteiger partial charge < -0.3 is 15.7 Å². The van der Waals surface area contributed by atoms with Crippen LogP contribution in [-0.4, -0.2) is 49.6 Å². The third-order valence-corrected chi connectivity index (χ3v) is 8.38. The van der Waals surface area contributed by atoms with Crippen LogP contribution in [0.25, 0.3) is 11.1 Å². The highest BCUT2D eigenvalue weighted by atomic mass is 35.5. The number of benzene rings is 3. The summed E-state index contributed by atoms with van der Waals surface area (Å²) in [4.78, 5) is 36.6. The fraction of sp³-hybridized carbons (Fsp3) is 0.250. The Bertz CT molecular complexity index is 1530. The van der Waals surface area contributed by atoms with Crippen LogP contribution in [0.5, 0.6) is 0 Å². The summed E-state index contributed by atoms with van der Waals surface area (Å²) in [6, 6.07) is 18.0. The molecule has 0 saturated carbocycles. The number of carbonyl (C=O) groups is 3. The smallest absolute Gasteiger partial charge is 0.264 e. The Morgan fingerprint density at radius 2 is 1.63 bits per heavy atom. The fourth-order valence-electron chi connectivity index (χ4n) is 3.85. The summed E-state index contributed by atoms with van der Waals surface area (Å²) in [6.07, 6.45) is -1.08. The van der Waals surface area contributed by atoms with Crippen molar-refractivity contribution >= 4 is 63.6 Å². The zero-order valence-corrected chi connectivity index (χ0v) is 25.2. The molecule has 0 radical (unpaired) electrons. The van der Waals surface area contributed by atoms with Gasteiger partial charge in [0, 0.05) is 33.5 Å². The van der Waals surface area contributed by atoms with E-state index >= 15 is 0 Å². The Morgan fingerprint density at radius 1 is 0.902 bits per heavy atom. The first-order chi connectivity index (χ1) is 19.4. The molecule has 0 saturated heterocycles. The number of aliphatic hydroxyl groups excluding tert-OH is 1. The summed E-state index contributed by atoms with van der Waals surface area (Å²) in [7, 11) is -4.29. The highest BCUT2D eigenvalue weighted by Crippen LogP contribution is 2.33. The topological polar surface area (TPSA) is 142 Å². The molecule has 3 amide bonds. The molecule has 3 aromatic carbocycles. The molecule has 0 heterocycles. The molecule has 0 aliphatic heterocycles. The number of halogens is 2. The van der Waals surface area contributed by atoms with E-state index in [9.17, 15) is 27.9 Å². The van der Waals surface area contributed by atoms with Crippen molar-refractivity contribution in [2.75, 3.05) is 12.3 Å². The summed E-state index contributed by atoms with van der Waals surface area (Å²) < 4.78 is 27.4. The first-order valence-electron chi connectivity index (χ1n) is 12.4. The monoisotopic (exact) mass is 637 g/mol. The minimum atomic E-state index is -4.29. The molecule has 3 rings (SSSR count). The van der Waals surface area contributed by atoms with E-state index in [4.69, 9.17) is 23.2 Å². The second-order valence-corrected chi connectivity index (χ2v) is 12.0. The van der Waals surface area contributed by atoms with Gasteiger partial charge in [0.2, 0.25) is 11.8 Å². The summed E-state index contributed by atoms with van der Waals surface area (Å²) in [6.45, 7) is 1.03. The van der Waals surface area contributed by atoms with Crippen LogP contribution in [0.2, 0.25) is 10.0 Å². The van der Waals surface area contributed by atoms with Crippen molar-refractivity contribution in [1.29, 1.82) is 0 Å². The molecule has 0 bridgehead atoms. The van der Waals surface area contributed by atoms with Crippen molar-refractivity contribution in [2.24, 2.45) is 5.92 Å². The predicted octanol–water partition coefficient (Wildman–Crippen LogP) is 3.37. The molecule has 13 heteroatoms. The Morgan fingerprint density at radius 3 is 2.29 bits per heavy atom. The van der Waals surface area contributed by atoms with Gasteiger partial charge in [0.1, 0.15) is 6.10 Å². The van der Waals surface area contributed by atoms with Crippen molar-refractivity contribution in [3.05, 3.63) is 87.9 Å². The number of carbonyl (C=O) groups excluding carboxylic acids is 3. The lowest BCUT2D eigenvalue weighted by Crippen LogP contribution is -2.40. The van der Waals surface area contributed by atoms with Gasteiger partial charge in [0.15, 0.2) is 0 Å². The molecule has 0 aliphatic carbocycles. The minimum absolute atomic E-state index is 0.109. The molecule has 3 aromatic rings. The van der Waals surface area contributed by atoms with E-state index in [2.05, 4.69) is 23.3 Å². The van der Waals surface area contributed by atoms with Gasteiger partial charge in [-0.3, -0.25) is 14.4 Å². The van der Waals surface area contributed by atoms with Gasteiger partial charge in [-0.25, -0.2) is 13.1 Å². The maximum absolute atomic E-state index is 12.8. The lowest BCUT2D eigenvalue weighted by Gasteiger charge is -2.15. The Hall–Kier alpha value is -3.09. The normalized spacial score (nSPS) is 12.7. The minimum Gasteiger partial charge on any atom is -0.384 e. The molecule has 218 valence electrons. The largest absolute Gasteiger partial charge is 0.384 e. The van der Waals surface area contributed by atoms with Crippen molar-refractivity contribution in [2.45, 2.75) is 30.9 Å². The lowest BCUT2D eigenvalue weighted by molar-refractivity contribution is -0.128. The maximum Gasteiger partial charge on any atom is 0.264 e. The van der Waals surface area contributed by atoms with E-state index in [1.54, 1.807) is 42.5 Å². The van der Waals surface area contributed by atoms with Crippen molar-refractivity contribution in [1.82, 2.24) is 15.4 Å². The van der Waals surface area contributed by atoms with Gasteiger partial charge in [0.25, 0.3) is 15.9 Å². The first kappa shape index (κ1) is 32.4. The van der Waals surface area contributed by atoms with Crippen molar-refractivity contribution in [3.63, 3.8) is 0 Å². The molecule has 0 fully saturated rings. The second kappa shape index (κ2) is 14.7. The molecule has 0 spiro atoms. The van der Waals surface area contributed by atoms with Gasteiger partial charge >= 0.3 is 0 Å². The predicted molar refractivity (Wildman–Crippen MR) is 161 cm³/mol. The van der Waals surface area contributed by atoms with Gasteiger partial charge in [-0.1, -0.05) is 65.7 Å². The van der Waals surface area contributed by atoms with Gasteiger partial charge in [-0.05, 0) is 48.7 Å². The molecular weight excluding hydrogens is 609 g/mol. The molecule has 2 atom stereocenters. The van der Waals surface area contributed by atoms with Crippen LogP contribution in [0.3, 0.4) is 0 Å². The summed E-state index contributed by atoms with van der Waals surface area (Å²) in [5.41, 5.74) is 2.16. The summed E-state index contributed by atoms with van der Waals surface area (Å²) >= 11 is 16.8. The summed E-state index contributed by atoms with van der Waals surface area (Å²) in [5, 5.41) is 15.5. The fourth-order valence-corrected chi connectivity index (χ4v) is 5.93. The number of sulfonamides is 1. The van der Waals surface area contributed by atoms with E-state index in [0.29, 0.717) is 28.3 Å². The molecule has 0 aliphatic rings. The number of hydrogen-bond donors (Lipinski definition) is 5. The summed E-state index contributed by atoms with van der Waals surface area (Å²) in [5.74, 6) is -1.92. The van der Waals surface area contributed by atoms with Gasteiger partial charge in [-0.2, -0.15) is 12.6 Å². The standard InChI is InChI=1S/C28H29Cl2N3O6S2/c1-17(34)27(36)33-41(38,39)25-8-3-2-7-23(25)22-10-9-19(13-24(22)30)14-31-26(35)15-32-28(37)20(16-40)11-18-5-4-6-21(29)12-18/h2-10,12-13,17,20,34,40H,11,14-16H2,1H3,(H,31,35)(H,32,37)(H,33,36)/t17-,20+/m0/s1. The SMILES string of the molecule is C[C@H](O)C(=O)NS(=O)(=O)c1ccccc1-c1ccc(CNC(=O)CNC(=O)[C@@H](CS)Cc2cccc(Cl)c2)cc1Cl. The highest BCUT2D eigenvalue weighted by Gasteiger charge is 2.24. The lowest BCUT2D eigenvalue weighted by atomic mass is 10.0. The zero-order valence-electron chi connectivity index (χ0n) is 21.9. The molecule has 41 heavy (non-hydrogen) atoms. The van der Waals surface area contributed by atoms with Crippen LogP contribution in [-0.2, 0) is 37.4 Å². The maximum atomic E-state index is 12.8. The highest BCUT2D eigenvalue weighted by molar-refractivity contribution is 7.90. The molecule has 9 nitrogen and oxygen atoms in total. The second-order valence-electron chi connectivity index (χ2n) is 9.16. The molecule has 0 unspecified atom stereocenters. The van der Waals surface area contributed by atoms with Crippen LogP contribution in [0.4, 0.5) is 0 Å². The van der Waals surface area contributed by atoms with E-state index < -0.39 is 33.9 Å². The van der Waals surface area contributed by atoms with E-state index in [1.807, 2.05) is 10.8 Å². The number of nitrogens with one attached hydrogen (secondary N) is 3. The van der Waals surface area contributed by atoms with Crippen LogP contribution in [0.15, 0.2) is 71.6 Å². The van der Waals surface area contributed by atoms with E-state index in [1.165, 1.54) is 18.2 Å². The van der Waals surface area contributed by atoms with E-state index in [-0.39, 0.29) is 34.5 Å². The average Bonchev–Trinajstić information content (AvgIpc) is 2.93. The Balaban J connectivity index is 1.61. The van der Waals surface area contributed by atoms with Gasteiger partial charge in [0.05, 0.1) is 17.4 Å². The van der Waals surface area contributed by atoms with Gasteiger partial charge in [-0.15, -0.1) is 0 Å². The number of rotatable bonds is 12. The first-order valence-corrected chi connectivity index (χ1v) is 15.3.